The Hall–Kier alpha value is -0.673. The van der Waals surface area contributed by atoms with Crippen molar-refractivity contribution in [2.45, 2.75) is 92.5 Å². The van der Waals surface area contributed by atoms with Crippen molar-refractivity contribution in [2.24, 2.45) is 0 Å². The molecule has 0 saturated carbocycles. The minimum absolute atomic E-state index is 0.332. The van der Waals surface area contributed by atoms with Crippen LogP contribution >= 0.6 is 0 Å². The van der Waals surface area contributed by atoms with Crippen molar-refractivity contribution in [3.63, 3.8) is 0 Å². The molecule has 7 nitrogen and oxygen atoms in total. The highest BCUT2D eigenvalue weighted by atomic mass is 28.4. The first kappa shape index (κ1) is 31.3. The molecule has 0 rings (SSSR count). The van der Waals surface area contributed by atoms with Gasteiger partial charge in [-0.05, 0) is 46.5 Å². The van der Waals surface area contributed by atoms with Crippen LogP contribution in [0.3, 0.4) is 0 Å². The smallest absolute Gasteiger partial charge is 0.444 e. The average molecular weight is 478 g/mol. The summed E-state index contributed by atoms with van der Waals surface area (Å²) in [5.41, 5.74) is 0. The van der Waals surface area contributed by atoms with Gasteiger partial charge in [0.1, 0.15) is 13.2 Å². The Kier molecular flexibility index (Phi) is 19.3. The van der Waals surface area contributed by atoms with E-state index in [9.17, 15) is 4.79 Å². The van der Waals surface area contributed by atoms with Gasteiger partial charge < -0.3 is 27.8 Å². The van der Waals surface area contributed by atoms with Gasteiger partial charge in [-0.2, -0.15) is 0 Å². The predicted molar refractivity (Wildman–Crippen MR) is 134 cm³/mol. The summed E-state index contributed by atoms with van der Waals surface area (Å²) in [4.78, 5) is 12.2. The number of unbranched alkanes of at least 4 members (excludes halogenated alkanes) is 3. The lowest BCUT2D eigenvalue weighted by atomic mass is 10.1. The summed E-state index contributed by atoms with van der Waals surface area (Å²) in [5.74, 6) is 0. The number of carbonyl (C=O) groups is 1. The van der Waals surface area contributed by atoms with E-state index >= 15 is 0 Å². The molecule has 0 bridgehead atoms. The van der Waals surface area contributed by atoms with E-state index in [0.717, 1.165) is 17.4 Å². The third-order valence-corrected chi connectivity index (χ3v) is 8.93. The number of alkyl carbamates (subject to hydrolysis) is 1. The molecule has 0 radical (unpaired) electrons. The number of hydrogen-bond donors (Lipinski definition) is 1. The van der Waals surface area contributed by atoms with Crippen LogP contribution in [0.1, 0.15) is 86.5 Å². The second-order valence-corrected chi connectivity index (χ2v) is 11.2. The molecule has 0 aromatic rings. The molecule has 1 N–H and O–H groups in total. The van der Waals surface area contributed by atoms with E-state index in [0.29, 0.717) is 39.0 Å². The molecule has 1 amide bonds. The predicted octanol–water partition coefficient (Wildman–Crippen LogP) is 5.37. The molecule has 192 valence electrons. The lowest BCUT2D eigenvalue weighted by molar-refractivity contribution is -0.929. The van der Waals surface area contributed by atoms with E-state index in [1.165, 1.54) is 58.2 Å². The molecule has 0 aromatic heterocycles. The lowest BCUT2D eigenvalue weighted by Crippen LogP contribution is -2.52. The van der Waals surface area contributed by atoms with Gasteiger partial charge in [0.2, 0.25) is 0 Å². The minimum Gasteiger partial charge on any atom is -0.444 e. The Morgan fingerprint density at radius 1 is 0.719 bits per heavy atom. The molecule has 0 aliphatic heterocycles. The summed E-state index contributed by atoms with van der Waals surface area (Å²) in [5, 5.41) is 2.88. The molecule has 0 unspecified atom stereocenters. The number of quaternary nitrogens is 1. The van der Waals surface area contributed by atoms with Gasteiger partial charge in [0.15, 0.2) is 0 Å². The van der Waals surface area contributed by atoms with Crippen molar-refractivity contribution < 1.29 is 27.3 Å². The number of nitrogens with one attached hydrogen (secondary N) is 1. The maximum atomic E-state index is 12.2. The Balaban J connectivity index is 4.55. The second kappa shape index (κ2) is 19.8. The Morgan fingerprint density at radius 2 is 1.19 bits per heavy atom. The van der Waals surface area contributed by atoms with Crippen LogP contribution in [-0.4, -0.2) is 78.5 Å². The Bertz CT molecular complexity index is 415. The van der Waals surface area contributed by atoms with Gasteiger partial charge in [-0.25, -0.2) is 4.79 Å². The zero-order valence-corrected chi connectivity index (χ0v) is 23.0. The van der Waals surface area contributed by atoms with Crippen molar-refractivity contribution in [2.75, 3.05) is 59.2 Å². The van der Waals surface area contributed by atoms with Crippen LogP contribution in [0.15, 0.2) is 0 Å². The van der Waals surface area contributed by atoms with Crippen LogP contribution in [0.5, 0.6) is 0 Å². The second-order valence-electron chi connectivity index (χ2n) is 8.45. The molecule has 0 fully saturated rings. The molecular formula is C24H53N2O5Si+. The van der Waals surface area contributed by atoms with Crippen molar-refractivity contribution >= 4 is 14.9 Å². The van der Waals surface area contributed by atoms with Crippen molar-refractivity contribution in [3.05, 3.63) is 0 Å². The molecule has 0 heterocycles. The number of ether oxygens (including phenoxy) is 1. The number of amides is 1. The summed E-state index contributed by atoms with van der Waals surface area (Å²) in [7, 11) is -2.65. The van der Waals surface area contributed by atoms with Gasteiger partial charge in [0.05, 0.1) is 19.6 Å². The topological polar surface area (TPSA) is 66.0 Å². The lowest BCUT2D eigenvalue weighted by Gasteiger charge is -2.39. The first-order chi connectivity index (χ1) is 15.5. The van der Waals surface area contributed by atoms with E-state index in [1.54, 1.807) is 0 Å². The van der Waals surface area contributed by atoms with E-state index in [2.05, 4.69) is 26.1 Å². The van der Waals surface area contributed by atoms with Crippen LogP contribution in [0.25, 0.3) is 0 Å². The first-order valence-electron chi connectivity index (χ1n) is 13.1. The van der Waals surface area contributed by atoms with E-state index < -0.39 is 8.80 Å². The number of carbonyl (C=O) groups excluding carboxylic acids is 1. The molecule has 32 heavy (non-hydrogen) atoms. The monoisotopic (exact) mass is 477 g/mol. The fourth-order valence-electron chi connectivity index (χ4n) is 4.03. The zero-order chi connectivity index (χ0) is 24.1. The molecule has 0 aromatic carbocycles. The van der Waals surface area contributed by atoms with Crippen LogP contribution < -0.4 is 5.32 Å². The summed E-state index contributed by atoms with van der Waals surface area (Å²) in [6.45, 7) is 19.8. The van der Waals surface area contributed by atoms with Crippen LogP contribution in [-0.2, 0) is 18.0 Å². The SMILES string of the molecule is CCCC[N+](CCCC)(CCCC)CCOC(=O)NCCC[Si](OCC)(OCC)OCC. The van der Waals surface area contributed by atoms with Crippen LogP contribution in [0.2, 0.25) is 6.04 Å². The molecule has 0 saturated heterocycles. The summed E-state index contributed by atoms with van der Waals surface area (Å²) in [6.07, 6.45) is 7.70. The van der Waals surface area contributed by atoms with E-state index in [4.69, 9.17) is 18.0 Å². The molecule has 0 aliphatic rings. The third-order valence-electron chi connectivity index (χ3n) is 5.78. The average Bonchev–Trinajstić information content (AvgIpc) is 2.78. The van der Waals surface area contributed by atoms with E-state index in [1.807, 2.05) is 20.8 Å². The fourth-order valence-corrected chi connectivity index (χ4v) is 6.64. The number of nitrogens with zero attached hydrogens (tertiary/aromatic N) is 1. The zero-order valence-electron chi connectivity index (χ0n) is 22.0. The van der Waals surface area contributed by atoms with Crippen molar-refractivity contribution in [1.82, 2.24) is 5.32 Å². The van der Waals surface area contributed by atoms with Crippen molar-refractivity contribution in [1.29, 1.82) is 0 Å². The fraction of sp³-hybridized carbons (Fsp3) is 0.958. The van der Waals surface area contributed by atoms with Crippen LogP contribution in [0, 0.1) is 0 Å². The van der Waals surface area contributed by atoms with Crippen LogP contribution in [0.4, 0.5) is 4.79 Å². The van der Waals surface area contributed by atoms with Gasteiger partial charge in [0.25, 0.3) is 0 Å². The Labute approximate surface area is 199 Å². The third kappa shape index (κ3) is 13.8. The quantitative estimate of drug-likeness (QED) is 0.129. The maximum absolute atomic E-state index is 12.2. The van der Waals surface area contributed by atoms with Crippen molar-refractivity contribution in [3.8, 4) is 0 Å². The van der Waals surface area contributed by atoms with Gasteiger partial charge in [0, 0.05) is 32.4 Å². The highest BCUT2D eigenvalue weighted by molar-refractivity contribution is 6.60. The largest absolute Gasteiger partial charge is 0.500 e. The standard InChI is InChI=1S/C24H52N2O5Si/c1-7-13-18-26(19-14-8-2,20-15-9-3)21-22-28-24(27)25-17-16-23-32(29-10-4,30-11-5)31-12-6/h7-23H2,1-6H3/p+1. The molecule has 0 spiro atoms. The molecular weight excluding hydrogens is 424 g/mol. The molecule has 0 atom stereocenters. The number of hydrogen-bond acceptors (Lipinski definition) is 5. The van der Waals surface area contributed by atoms with Gasteiger partial charge >= 0.3 is 14.9 Å². The van der Waals surface area contributed by atoms with Gasteiger partial charge in [-0.3, -0.25) is 0 Å². The Morgan fingerprint density at radius 3 is 1.59 bits per heavy atom. The molecule has 0 aliphatic carbocycles. The minimum atomic E-state index is -2.65. The maximum Gasteiger partial charge on any atom is 0.500 e. The highest BCUT2D eigenvalue weighted by Crippen LogP contribution is 2.18. The summed E-state index contributed by atoms with van der Waals surface area (Å²) in [6, 6.07) is 0.688. The highest BCUT2D eigenvalue weighted by Gasteiger charge is 2.39. The summed E-state index contributed by atoms with van der Waals surface area (Å²) >= 11 is 0. The normalized spacial score (nSPS) is 12.2. The number of rotatable bonds is 22. The van der Waals surface area contributed by atoms with Gasteiger partial charge in [-0.15, -0.1) is 0 Å². The molecule has 8 heteroatoms. The van der Waals surface area contributed by atoms with Gasteiger partial charge in [-0.1, -0.05) is 40.0 Å². The van der Waals surface area contributed by atoms with E-state index in [-0.39, 0.29) is 6.09 Å². The summed E-state index contributed by atoms with van der Waals surface area (Å²) < 4.78 is 24.2. The first-order valence-corrected chi connectivity index (χ1v) is 15.1.